The van der Waals surface area contributed by atoms with Crippen LogP contribution in [0.15, 0.2) is 36.4 Å². The molecule has 1 aliphatic carbocycles. The lowest BCUT2D eigenvalue weighted by Gasteiger charge is -2.11. The van der Waals surface area contributed by atoms with Crippen molar-refractivity contribution in [1.82, 2.24) is 0 Å². The highest BCUT2D eigenvalue weighted by Gasteiger charge is 2.43. The molecule has 1 heterocycles. The zero-order chi connectivity index (χ0) is 14.7. The van der Waals surface area contributed by atoms with Gasteiger partial charge in [0.25, 0.3) is 0 Å². The van der Waals surface area contributed by atoms with Gasteiger partial charge in [-0.15, -0.1) is 0 Å². The number of hydrogen-bond donors (Lipinski definition) is 0. The van der Waals surface area contributed by atoms with Gasteiger partial charge in [-0.1, -0.05) is 24.3 Å². The third kappa shape index (κ3) is 3.46. The lowest BCUT2D eigenvalue weighted by atomic mass is 9.93. The van der Waals surface area contributed by atoms with Crippen LogP contribution in [0.25, 0.3) is 0 Å². The highest BCUT2D eigenvalue weighted by molar-refractivity contribution is 5.72. The Morgan fingerprint density at radius 1 is 1.38 bits per heavy atom. The fourth-order valence-corrected chi connectivity index (χ4v) is 3.36. The van der Waals surface area contributed by atoms with Crippen molar-refractivity contribution in [3.63, 3.8) is 0 Å². The van der Waals surface area contributed by atoms with E-state index in [-0.39, 0.29) is 12.1 Å². The molecule has 1 aromatic carbocycles. The van der Waals surface area contributed by atoms with E-state index >= 15 is 0 Å². The van der Waals surface area contributed by atoms with Crippen LogP contribution in [0.4, 0.5) is 0 Å². The van der Waals surface area contributed by atoms with Gasteiger partial charge in [0.1, 0.15) is 11.9 Å². The quantitative estimate of drug-likeness (QED) is 0.471. The van der Waals surface area contributed by atoms with Gasteiger partial charge in [-0.05, 0) is 49.8 Å². The Hall–Kier alpha value is -1.77. The van der Waals surface area contributed by atoms with Crippen LogP contribution in [0.2, 0.25) is 0 Å². The number of carbonyl (C=O) groups is 1. The molecule has 3 heteroatoms. The molecule has 1 aliphatic heterocycles. The highest BCUT2D eigenvalue weighted by Crippen LogP contribution is 2.41. The van der Waals surface area contributed by atoms with E-state index in [9.17, 15) is 4.79 Å². The second-order valence-corrected chi connectivity index (χ2v) is 6.02. The van der Waals surface area contributed by atoms with E-state index in [0.717, 1.165) is 25.0 Å². The first-order valence-corrected chi connectivity index (χ1v) is 7.78. The molecule has 0 amide bonds. The average Bonchev–Trinajstić information content (AvgIpc) is 2.98. The predicted molar refractivity (Wildman–Crippen MR) is 81.1 cm³/mol. The summed E-state index contributed by atoms with van der Waals surface area (Å²) >= 11 is 0. The summed E-state index contributed by atoms with van der Waals surface area (Å²) in [4.78, 5) is 11.3. The van der Waals surface area contributed by atoms with Crippen LogP contribution in [0.1, 0.15) is 31.2 Å². The molecule has 3 rings (SSSR count). The number of benzene rings is 1. The van der Waals surface area contributed by atoms with Crippen LogP contribution in [0.3, 0.4) is 0 Å². The SMILES string of the molecule is Cc1cccc(OCC/C=C/C2CCC3OC(=O)C[C@H]23)c1. The van der Waals surface area contributed by atoms with Gasteiger partial charge < -0.3 is 9.47 Å². The lowest BCUT2D eigenvalue weighted by molar-refractivity contribution is -0.141. The number of fused-ring (bicyclic) bond motifs is 1. The molecule has 112 valence electrons. The third-order valence-corrected chi connectivity index (χ3v) is 4.42. The molecule has 0 N–H and O–H groups in total. The lowest BCUT2D eigenvalue weighted by Crippen LogP contribution is -2.12. The van der Waals surface area contributed by atoms with Crippen molar-refractivity contribution in [1.29, 1.82) is 0 Å². The Balaban J connectivity index is 1.42. The minimum atomic E-state index is -0.0223. The maximum Gasteiger partial charge on any atom is 0.306 e. The van der Waals surface area contributed by atoms with E-state index in [4.69, 9.17) is 9.47 Å². The average molecular weight is 286 g/mol. The van der Waals surface area contributed by atoms with E-state index in [2.05, 4.69) is 25.1 Å². The van der Waals surface area contributed by atoms with Crippen LogP contribution in [-0.2, 0) is 9.53 Å². The van der Waals surface area contributed by atoms with Crippen molar-refractivity contribution in [3.05, 3.63) is 42.0 Å². The molecule has 3 atom stereocenters. The van der Waals surface area contributed by atoms with Crippen LogP contribution in [0, 0.1) is 18.8 Å². The van der Waals surface area contributed by atoms with E-state index in [1.54, 1.807) is 0 Å². The first-order chi connectivity index (χ1) is 10.2. The minimum Gasteiger partial charge on any atom is -0.493 e. The predicted octanol–water partition coefficient (Wildman–Crippen LogP) is 3.66. The summed E-state index contributed by atoms with van der Waals surface area (Å²) in [6.45, 7) is 2.75. The molecular formula is C18H22O3. The van der Waals surface area contributed by atoms with Gasteiger partial charge >= 0.3 is 5.97 Å². The molecule has 0 bridgehead atoms. The van der Waals surface area contributed by atoms with Crippen LogP contribution >= 0.6 is 0 Å². The molecule has 2 unspecified atom stereocenters. The van der Waals surface area contributed by atoms with Crippen LogP contribution in [0.5, 0.6) is 5.75 Å². The largest absolute Gasteiger partial charge is 0.493 e. The second kappa shape index (κ2) is 6.33. The van der Waals surface area contributed by atoms with E-state index in [1.165, 1.54) is 5.56 Å². The maximum absolute atomic E-state index is 11.3. The van der Waals surface area contributed by atoms with E-state index in [0.29, 0.717) is 24.9 Å². The Morgan fingerprint density at radius 3 is 3.14 bits per heavy atom. The first kappa shape index (κ1) is 14.2. The number of allylic oxidation sites excluding steroid dienone is 1. The molecule has 1 saturated carbocycles. The standard InChI is InChI=1S/C18H22O3/c1-13-5-4-7-15(11-13)20-10-3-2-6-14-8-9-17-16(14)12-18(19)21-17/h2,4-7,11,14,16-17H,3,8-10,12H2,1H3/b6-2+/t14?,16-,17?/m1/s1. The van der Waals surface area contributed by atoms with Gasteiger partial charge in [-0.2, -0.15) is 0 Å². The van der Waals surface area contributed by atoms with Crippen molar-refractivity contribution < 1.29 is 14.3 Å². The monoisotopic (exact) mass is 286 g/mol. The van der Waals surface area contributed by atoms with Gasteiger partial charge in [-0.25, -0.2) is 0 Å². The van der Waals surface area contributed by atoms with Crippen molar-refractivity contribution in [3.8, 4) is 5.75 Å². The number of ether oxygens (including phenoxy) is 2. The molecule has 2 aliphatic rings. The minimum absolute atomic E-state index is 0.0223. The molecule has 0 spiro atoms. The zero-order valence-electron chi connectivity index (χ0n) is 12.5. The van der Waals surface area contributed by atoms with Gasteiger partial charge in [0.05, 0.1) is 13.0 Å². The number of esters is 1. The number of hydrogen-bond acceptors (Lipinski definition) is 3. The highest BCUT2D eigenvalue weighted by atomic mass is 16.6. The number of rotatable bonds is 5. The third-order valence-electron chi connectivity index (χ3n) is 4.42. The number of carbonyl (C=O) groups excluding carboxylic acids is 1. The van der Waals surface area contributed by atoms with Crippen molar-refractivity contribution in [2.24, 2.45) is 11.8 Å². The Kier molecular flexibility index (Phi) is 4.28. The Bertz CT molecular complexity index is 535. The summed E-state index contributed by atoms with van der Waals surface area (Å²) in [7, 11) is 0. The first-order valence-electron chi connectivity index (χ1n) is 7.78. The summed E-state index contributed by atoms with van der Waals surface area (Å²) in [5.74, 6) is 1.82. The Morgan fingerprint density at radius 2 is 2.29 bits per heavy atom. The fourth-order valence-electron chi connectivity index (χ4n) is 3.36. The molecule has 2 fully saturated rings. The van der Waals surface area contributed by atoms with Gasteiger partial charge in [0.2, 0.25) is 0 Å². The van der Waals surface area contributed by atoms with Crippen molar-refractivity contribution in [2.45, 2.75) is 38.7 Å². The summed E-state index contributed by atoms with van der Waals surface area (Å²) in [5, 5.41) is 0. The normalized spacial score (nSPS) is 27.9. The van der Waals surface area contributed by atoms with Crippen LogP contribution in [-0.4, -0.2) is 18.7 Å². The van der Waals surface area contributed by atoms with Gasteiger partial charge in [0.15, 0.2) is 0 Å². The molecule has 0 aromatic heterocycles. The van der Waals surface area contributed by atoms with E-state index < -0.39 is 0 Å². The fraction of sp³-hybridized carbons (Fsp3) is 0.500. The molecule has 1 aromatic rings. The van der Waals surface area contributed by atoms with Crippen molar-refractivity contribution >= 4 is 5.97 Å². The maximum atomic E-state index is 11.3. The summed E-state index contributed by atoms with van der Waals surface area (Å²) in [6.07, 6.45) is 8.27. The smallest absolute Gasteiger partial charge is 0.306 e. The molecular weight excluding hydrogens is 264 g/mol. The van der Waals surface area contributed by atoms with E-state index in [1.807, 2.05) is 18.2 Å². The van der Waals surface area contributed by atoms with Crippen LogP contribution < -0.4 is 4.74 Å². The van der Waals surface area contributed by atoms with Crippen molar-refractivity contribution in [2.75, 3.05) is 6.61 Å². The van der Waals surface area contributed by atoms with Gasteiger partial charge in [0, 0.05) is 5.92 Å². The molecule has 1 saturated heterocycles. The Labute approximate surface area is 125 Å². The van der Waals surface area contributed by atoms with Gasteiger partial charge in [-0.3, -0.25) is 4.79 Å². The molecule has 0 radical (unpaired) electrons. The summed E-state index contributed by atoms with van der Waals surface area (Å²) in [6, 6.07) is 8.11. The summed E-state index contributed by atoms with van der Waals surface area (Å²) < 4.78 is 11.0. The molecule has 21 heavy (non-hydrogen) atoms. The molecule has 3 nitrogen and oxygen atoms in total. The number of aryl methyl sites for hydroxylation is 1. The summed E-state index contributed by atoms with van der Waals surface area (Å²) in [5.41, 5.74) is 1.21. The topological polar surface area (TPSA) is 35.5 Å². The zero-order valence-corrected chi connectivity index (χ0v) is 12.5. The second-order valence-electron chi connectivity index (χ2n) is 6.02.